The van der Waals surface area contributed by atoms with Gasteiger partial charge in [-0.05, 0) is 13.0 Å². The van der Waals surface area contributed by atoms with E-state index in [0.717, 1.165) is 26.2 Å². The first-order chi connectivity index (χ1) is 9.47. The quantitative estimate of drug-likeness (QED) is 0.639. The van der Waals surface area contributed by atoms with Crippen molar-refractivity contribution in [2.24, 2.45) is 10.9 Å². The van der Waals surface area contributed by atoms with Crippen molar-refractivity contribution in [1.82, 2.24) is 20.4 Å². The maximum absolute atomic E-state index is 11.1. The number of nitrogens with zero attached hydrogens (tertiary/aromatic N) is 3. The Morgan fingerprint density at radius 1 is 1.10 bits per heavy atom. The fourth-order valence-corrected chi connectivity index (χ4v) is 2.53. The summed E-state index contributed by atoms with van der Waals surface area (Å²) in [6.07, 6.45) is 0. The number of hydrogen-bond acceptors (Lipinski definition) is 5. The van der Waals surface area contributed by atoms with Gasteiger partial charge in [-0.1, -0.05) is 13.8 Å². The molecular weight excluding hydrogens is 258 g/mol. The molecule has 1 unspecified atom stereocenters. The first-order valence-corrected chi connectivity index (χ1v) is 7.06. The molecule has 7 heteroatoms. The Balaban J connectivity index is 1.94. The number of carbonyl (C=O) groups is 2. The molecule has 2 aliphatic heterocycles. The molecule has 2 heterocycles. The number of piperazine rings is 1. The van der Waals surface area contributed by atoms with Crippen molar-refractivity contribution in [1.29, 1.82) is 0 Å². The Kier molecular flexibility index (Phi) is 4.72. The van der Waals surface area contributed by atoms with Crippen LogP contribution in [-0.2, 0) is 9.59 Å². The zero-order valence-corrected chi connectivity index (χ0v) is 12.3. The van der Waals surface area contributed by atoms with Crippen LogP contribution in [0.5, 0.6) is 0 Å². The smallest absolute Gasteiger partial charge is 0.304 e. The van der Waals surface area contributed by atoms with Crippen molar-refractivity contribution in [3.8, 4) is 0 Å². The van der Waals surface area contributed by atoms with E-state index in [0.29, 0.717) is 18.5 Å². The van der Waals surface area contributed by atoms with Gasteiger partial charge in [-0.25, -0.2) is 0 Å². The highest BCUT2D eigenvalue weighted by Crippen LogP contribution is 2.14. The molecule has 2 N–H and O–H groups in total. The van der Waals surface area contributed by atoms with Gasteiger partial charge in [0.1, 0.15) is 0 Å². The second kappa shape index (κ2) is 6.32. The summed E-state index contributed by atoms with van der Waals surface area (Å²) >= 11 is 0. The first kappa shape index (κ1) is 14.9. The van der Waals surface area contributed by atoms with Crippen molar-refractivity contribution in [2.45, 2.75) is 19.9 Å². The van der Waals surface area contributed by atoms with Gasteiger partial charge in [0.2, 0.25) is 5.96 Å². The van der Waals surface area contributed by atoms with E-state index in [1.54, 1.807) is 0 Å². The van der Waals surface area contributed by atoms with Gasteiger partial charge < -0.3 is 4.90 Å². The van der Waals surface area contributed by atoms with Gasteiger partial charge in [0, 0.05) is 32.2 Å². The molecule has 0 aromatic carbocycles. The van der Waals surface area contributed by atoms with E-state index in [2.05, 4.69) is 46.3 Å². The molecule has 2 amide bonds. The normalized spacial score (nSPS) is 22.9. The lowest BCUT2D eigenvalue weighted by molar-refractivity contribution is -0.135. The zero-order valence-electron chi connectivity index (χ0n) is 12.3. The number of guanidine groups is 1. The minimum Gasteiger partial charge on any atom is -0.304 e. The van der Waals surface area contributed by atoms with Crippen LogP contribution in [0.4, 0.5) is 0 Å². The number of rotatable bonds is 4. The second-order valence-corrected chi connectivity index (χ2v) is 5.75. The first-order valence-electron chi connectivity index (χ1n) is 7.06. The summed E-state index contributed by atoms with van der Waals surface area (Å²) in [6.45, 7) is 9.12. The summed E-state index contributed by atoms with van der Waals surface area (Å²) in [5.74, 6) is -0.524. The van der Waals surface area contributed by atoms with Crippen molar-refractivity contribution in [3.05, 3.63) is 0 Å². The monoisotopic (exact) mass is 281 g/mol. The highest BCUT2D eigenvalue weighted by Gasteiger charge is 2.27. The summed E-state index contributed by atoms with van der Waals surface area (Å²) in [5.41, 5.74) is 0. The Morgan fingerprint density at radius 2 is 1.65 bits per heavy atom. The maximum atomic E-state index is 11.1. The molecule has 0 aliphatic carbocycles. The van der Waals surface area contributed by atoms with Crippen LogP contribution < -0.4 is 10.6 Å². The third kappa shape index (κ3) is 3.55. The third-order valence-corrected chi connectivity index (χ3v) is 3.88. The highest BCUT2D eigenvalue weighted by atomic mass is 16.2. The second-order valence-electron chi connectivity index (χ2n) is 5.75. The predicted molar refractivity (Wildman–Crippen MR) is 76.3 cm³/mol. The maximum Gasteiger partial charge on any atom is 0.316 e. The van der Waals surface area contributed by atoms with Gasteiger partial charge in [-0.15, -0.1) is 0 Å². The van der Waals surface area contributed by atoms with Crippen LogP contribution in [0, 0.1) is 5.92 Å². The lowest BCUT2D eigenvalue weighted by atomic mass is 10.0. The van der Waals surface area contributed by atoms with E-state index in [-0.39, 0.29) is 5.96 Å². The Bertz CT molecular complexity index is 395. The molecule has 112 valence electrons. The number of aliphatic imine (C=N–C) groups is 1. The molecule has 2 aliphatic rings. The summed E-state index contributed by atoms with van der Waals surface area (Å²) in [6, 6.07) is 0.325. The number of likely N-dealkylation sites (N-methyl/N-ethyl adjacent to an activating group) is 1. The molecule has 2 saturated heterocycles. The average Bonchev–Trinajstić information content (AvgIpc) is 2.71. The molecule has 0 saturated carbocycles. The predicted octanol–water partition coefficient (Wildman–Crippen LogP) is -1.14. The van der Waals surface area contributed by atoms with E-state index in [1.807, 2.05) is 0 Å². The summed E-state index contributed by atoms with van der Waals surface area (Å²) in [5, 5.41) is 4.86. The molecular formula is C13H23N5O2. The highest BCUT2D eigenvalue weighted by molar-refractivity contribution is 6.45. The van der Waals surface area contributed by atoms with Crippen molar-refractivity contribution in [2.75, 3.05) is 39.8 Å². The number of hydrogen-bond donors (Lipinski definition) is 2. The molecule has 0 bridgehead atoms. The summed E-state index contributed by atoms with van der Waals surface area (Å²) in [7, 11) is 2.13. The van der Waals surface area contributed by atoms with E-state index in [4.69, 9.17) is 0 Å². The molecule has 0 aromatic rings. The summed E-state index contributed by atoms with van der Waals surface area (Å²) in [4.78, 5) is 31.3. The standard InChI is InChI=1S/C13H23N5O2/c1-9(2)10(18-6-4-17(3)5-7-18)8-14-13-15-11(19)12(20)16-13/h9-10H,4-8H2,1-3H3,(H2,14,15,16,19,20). The zero-order chi connectivity index (χ0) is 14.7. The Morgan fingerprint density at radius 3 is 2.15 bits per heavy atom. The number of amides is 2. The molecule has 1 atom stereocenters. The SMILES string of the molecule is CC(C)C(CN=C1NC(=O)C(=O)N1)N1CCN(C)CC1. The van der Waals surface area contributed by atoms with Crippen LogP contribution in [0.25, 0.3) is 0 Å². The lowest BCUT2D eigenvalue weighted by Gasteiger charge is -2.39. The Labute approximate surface area is 119 Å². The van der Waals surface area contributed by atoms with Crippen LogP contribution in [0.3, 0.4) is 0 Å². The topological polar surface area (TPSA) is 77.0 Å². The van der Waals surface area contributed by atoms with Gasteiger partial charge in [0.15, 0.2) is 0 Å². The Hall–Kier alpha value is -1.47. The number of carbonyl (C=O) groups excluding carboxylic acids is 2. The van der Waals surface area contributed by atoms with E-state index < -0.39 is 11.8 Å². The molecule has 0 spiro atoms. The largest absolute Gasteiger partial charge is 0.316 e. The minimum atomic E-state index is -0.635. The fraction of sp³-hybridized carbons (Fsp3) is 0.769. The van der Waals surface area contributed by atoms with Gasteiger partial charge >= 0.3 is 11.8 Å². The molecule has 0 aromatic heterocycles. The van der Waals surface area contributed by atoms with Crippen molar-refractivity contribution < 1.29 is 9.59 Å². The van der Waals surface area contributed by atoms with Crippen LogP contribution in [0.15, 0.2) is 4.99 Å². The van der Waals surface area contributed by atoms with E-state index >= 15 is 0 Å². The van der Waals surface area contributed by atoms with Gasteiger partial charge in [-0.2, -0.15) is 0 Å². The minimum absolute atomic E-state index is 0.278. The average molecular weight is 281 g/mol. The third-order valence-electron chi connectivity index (χ3n) is 3.88. The van der Waals surface area contributed by atoms with Crippen molar-refractivity contribution >= 4 is 17.8 Å². The van der Waals surface area contributed by atoms with Crippen LogP contribution >= 0.6 is 0 Å². The van der Waals surface area contributed by atoms with Gasteiger partial charge in [0.05, 0.1) is 6.54 Å². The molecule has 20 heavy (non-hydrogen) atoms. The molecule has 0 radical (unpaired) electrons. The lowest BCUT2D eigenvalue weighted by Crippen LogP contribution is -2.51. The van der Waals surface area contributed by atoms with Crippen LogP contribution in [0.1, 0.15) is 13.8 Å². The van der Waals surface area contributed by atoms with E-state index in [9.17, 15) is 9.59 Å². The summed E-state index contributed by atoms with van der Waals surface area (Å²) < 4.78 is 0. The number of nitrogens with one attached hydrogen (secondary N) is 2. The molecule has 2 rings (SSSR count). The molecule has 2 fully saturated rings. The van der Waals surface area contributed by atoms with Gasteiger partial charge in [0.25, 0.3) is 0 Å². The van der Waals surface area contributed by atoms with Crippen molar-refractivity contribution in [3.63, 3.8) is 0 Å². The van der Waals surface area contributed by atoms with Gasteiger partial charge in [-0.3, -0.25) is 30.1 Å². The van der Waals surface area contributed by atoms with Crippen LogP contribution in [0.2, 0.25) is 0 Å². The fourth-order valence-electron chi connectivity index (χ4n) is 2.53. The molecule has 7 nitrogen and oxygen atoms in total. The van der Waals surface area contributed by atoms with E-state index in [1.165, 1.54) is 0 Å². The van der Waals surface area contributed by atoms with Crippen LogP contribution in [-0.4, -0.2) is 73.4 Å².